The summed E-state index contributed by atoms with van der Waals surface area (Å²) in [6.45, 7) is 8.97. The lowest BCUT2D eigenvalue weighted by atomic mass is 9.71. The van der Waals surface area contributed by atoms with Crippen LogP contribution in [0.2, 0.25) is 0 Å². The highest BCUT2D eigenvalue weighted by Crippen LogP contribution is 2.46. The van der Waals surface area contributed by atoms with Gasteiger partial charge in [-0.2, -0.15) is 4.99 Å². The minimum absolute atomic E-state index is 0.00773. The standard InChI is InChI=1S/C22H32N6O/c1-22-7-11-28(18-4-3-8-23-16-18)20(22)25-21(27-12-14-29-15-13-27)24-19(22)17-5-9-26(2)10-6-17/h3-4,8,16-17,19H,5-7,9-15H2,1-2H3. The molecule has 5 rings (SSSR count). The fourth-order valence-corrected chi connectivity index (χ4v) is 5.38. The van der Waals surface area contributed by atoms with Crippen molar-refractivity contribution in [2.24, 2.45) is 21.3 Å². The summed E-state index contributed by atoms with van der Waals surface area (Å²) in [6, 6.07) is 4.45. The van der Waals surface area contributed by atoms with E-state index >= 15 is 0 Å². The number of hydrogen-bond acceptors (Lipinski definition) is 7. The lowest BCUT2D eigenvalue weighted by molar-refractivity contribution is 0.0664. The Kier molecular flexibility index (Phi) is 5.04. The molecule has 0 aliphatic carbocycles. The van der Waals surface area contributed by atoms with Crippen molar-refractivity contribution < 1.29 is 4.74 Å². The van der Waals surface area contributed by atoms with E-state index in [1.54, 1.807) is 0 Å². The van der Waals surface area contributed by atoms with Gasteiger partial charge in [0.2, 0.25) is 5.96 Å². The Balaban J connectivity index is 1.51. The zero-order chi connectivity index (χ0) is 19.8. The molecular formula is C22H32N6O. The monoisotopic (exact) mass is 396 g/mol. The van der Waals surface area contributed by atoms with Gasteiger partial charge in [-0.15, -0.1) is 0 Å². The molecule has 0 radical (unpaired) electrons. The van der Waals surface area contributed by atoms with Gasteiger partial charge in [0.05, 0.1) is 36.6 Å². The summed E-state index contributed by atoms with van der Waals surface area (Å²) in [7, 11) is 2.23. The SMILES string of the molecule is CN1CCC(C2N=C(N3CCOCC3)N=C3N(c4cccnc4)CCC32C)CC1. The highest BCUT2D eigenvalue weighted by atomic mass is 16.5. The maximum atomic E-state index is 5.57. The highest BCUT2D eigenvalue weighted by Gasteiger charge is 2.52. The maximum Gasteiger partial charge on any atom is 0.222 e. The first-order valence-corrected chi connectivity index (χ1v) is 11.0. The number of morpholine rings is 1. The number of piperidine rings is 1. The van der Waals surface area contributed by atoms with Crippen LogP contribution < -0.4 is 4.90 Å². The van der Waals surface area contributed by atoms with E-state index in [0.29, 0.717) is 12.0 Å². The number of aliphatic imine (C=N–C) groups is 2. The van der Waals surface area contributed by atoms with Crippen LogP contribution >= 0.6 is 0 Å². The molecule has 0 N–H and O–H groups in total. The van der Waals surface area contributed by atoms with Gasteiger partial charge in [0.25, 0.3) is 0 Å². The molecule has 2 atom stereocenters. The van der Waals surface area contributed by atoms with Crippen LogP contribution in [0.15, 0.2) is 34.5 Å². The van der Waals surface area contributed by atoms with Crippen molar-refractivity contribution in [3.8, 4) is 0 Å². The third kappa shape index (κ3) is 3.44. The van der Waals surface area contributed by atoms with Gasteiger partial charge in [-0.05, 0) is 57.5 Å². The van der Waals surface area contributed by atoms with E-state index in [9.17, 15) is 0 Å². The molecular weight excluding hydrogens is 364 g/mol. The topological polar surface area (TPSA) is 56.6 Å². The Bertz CT molecular complexity index is 782. The minimum Gasteiger partial charge on any atom is -0.378 e. The van der Waals surface area contributed by atoms with Crippen LogP contribution in [0.1, 0.15) is 26.2 Å². The van der Waals surface area contributed by atoms with E-state index in [0.717, 1.165) is 50.9 Å². The molecule has 1 aromatic heterocycles. The number of ether oxygens (including phenoxy) is 1. The number of anilines is 1. The van der Waals surface area contributed by atoms with Gasteiger partial charge in [-0.25, -0.2) is 4.99 Å². The quantitative estimate of drug-likeness (QED) is 0.766. The maximum absolute atomic E-state index is 5.57. The van der Waals surface area contributed by atoms with Crippen molar-refractivity contribution in [2.45, 2.75) is 32.2 Å². The van der Waals surface area contributed by atoms with Crippen molar-refractivity contribution in [1.82, 2.24) is 14.8 Å². The Hall–Kier alpha value is -1.99. The van der Waals surface area contributed by atoms with Crippen LogP contribution in [0.5, 0.6) is 0 Å². The number of likely N-dealkylation sites (tertiary alicyclic amines) is 1. The smallest absolute Gasteiger partial charge is 0.222 e. The second-order valence-electron chi connectivity index (χ2n) is 9.08. The average Bonchev–Trinajstić information content (AvgIpc) is 3.12. The van der Waals surface area contributed by atoms with Gasteiger partial charge in [-0.3, -0.25) is 4.98 Å². The molecule has 7 heteroatoms. The molecule has 0 aromatic carbocycles. The second-order valence-corrected chi connectivity index (χ2v) is 9.08. The van der Waals surface area contributed by atoms with Crippen LogP contribution in [0.25, 0.3) is 0 Å². The van der Waals surface area contributed by atoms with Crippen molar-refractivity contribution >= 4 is 17.5 Å². The molecule has 0 saturated carbocycles. The molecule has 5 heterocycles. The minimum atomic E-state index is -0.00773. The number of amidine groups is 1. The first-order chi connectivity index (χ1) is 14.1. The second kappa shape index (κ2) is 7.69. The van der Waals surface area contributed by atoms with E-state index < -0.39 is 0 Å². The molecule has 29 heavy (non-hydrogen) atoms. The van der Waals surface area contributed by atoms with Crippen LogP contribution in [-0.2, 0) is 4.74 Å². The predicted molar refractivity (Wildman–Crippen MR) is 116 cm³/mol. The van der Waals surface area contributed by atoms with E-state index in [2.05, 4.69) is 39.7 Å². The van der Waals surface area contributed by atoms with E-state index in [4.69, 9.17) is 14.7 Å². The number of rotatable bonds is 2. The Labute approximate surface area is 173 Å². The average molecular weight is 397 g/mol. The number of guanidine groups is 1. The third-order valence-corrected chi connectivity index (χ3v) is 7.20. The van der Waals surface area contributed by atoms with Gasteiger partial charge >= 0.3 is 0 Å². The van der Waals surface area contributed by atoms with Crippen molar-refractivity contribution in [3.05, 3.63) is 24.5 Å². The summed E-state index contributed by atoms with van der Waals surface area (Å²) in [4.78, 5) is 22.0. The predicted octanol–water partition coefficient (Wildman–Crippen LogP) is 2.11. The fraction of sp³-hybridized carbons (Fsp3) is 0.682. The van der Waals surface area contributed by atoms with Gasteiger partial charge in [-0.1, -0.05) is 6.92 Å². The van der Waals surface area contributed by atoms with Gasteiger partial charge in [0.1, 0.15) is 5.84 Å². The van der Waals surface area contributed by atoms with Gasteiger partial charge < -0.3 is 19.4 Å². The summed E-state index contributed by atoms with van der Waals surface area (Å²) in [5.41, 5.74) is 1.13. The first-order valence-electron chi connectivity index (χ1n) is 11.0. The van der Waals surface area contributed by atoms with Gasteiger partial charge in [0.15, 0.2) is 0 Å². The fourth-order valence-electron chi connectivity index (χ4n) is 5.38. The normalized spacial score (nSPS) is 31.4. The molecule has 1 aromatic rings. The van der Waals surface area contributed by atoms with Crippen LogP contribution in [0.3, 0.4) is 0 Å². The van der Waals surface area contributed by atoms with Crippen LogP contribution in [0.4, 0.5) is 5.69 Å². The molecule has 0 amide bonds. The van der Waals surface area contributed by atoms with Crippen molar-refractivity contribution in [1.29, 1.82) is 0 Å². The Morgan fingerprint density at radius 2 is 1.90 bits per heavy atom. The number of fused-ring (bicyclic) bond motifs is 1. The molecule has 0 spiro atoms. The number of nitrogens with zero attached hydrogens (tertiary/aromatic N) is 6. The number of aromatic nitrogens is 1. The van der Waals surface area contributed by atoms with Crippen molar-refractivity contribution in [3.63, 3.8) is 0 Å². The highest BCUT2D eigenvalue weighted by molar-refractivity contribution is 6.11. The third-order valence-electron chi connectivity index (χ3n) is 7.20. The number of hydrogen-bond donors (Lipinski definition) is 0. The summed E-state index contributed by atoms with van der Waals surface area (Å²) in [5, 5.41) is 0. The Morgan fingerprint density at radius 3 is 2.62 bits per heavy atom. The lowest BCUT2D eigenvalue weighted by Crippen LogP contribution is -2.52. The van der Waals surface area contributed by atoms with Gasteiger partial charge in [0, 0.05) is 25.8 Å². The summed E-state index contributed by atoms with van der Waals surface area (Å²) >= 11 is 0. The van der Waals surface area contributed by atoms with E-state index in [-0.39, 0.29) is 5.41 Å². The largest absolute Gasteiger partial charge is 0.378 e. The molecule has 4 aliphatic rings. The molecule has 0 bridgehead atoms. The summed E-state index contributed by atoms with van der Waals surface area (Å²) in [5.74, 6) is 2.72. The first kappa shape index (κ1) is 19.0. The number of pyridine rings is 1. The lowest BCUT2D eigenvalue weighted by Gasteiger charge is -2.44. The van der Waals surface area contributed by atoms with Crippen molar-refractivity contribution in [2.75, 3.05) is 57.9 Å². The summed E-state index contributed by atoms with van der Waals surface area (Å²) < 4.78 is 5.57. The molecule has 2 unspecified atom stereocenters. The zero-order valence-corrected chi connectivity index (χ0v) is 17.6. The molecule has 3 fully saturated rings. The van der Waals surface area contributed by atoms with Crippen LogP contribution in [0, 0.1) is 11.3 Å². The van der Waals surface area contributed by atoms with E-state index in [1.807, 2.05) is 18.5 Å². The van der Waals surface area contributed by atoms with Crippen LogP contribution in [-0.4, -0.2) is 85.6 Å². The summed E-state index contributed by atoms with van der Waals surface area (Å²) in [6.07, 6.45) is 7.33. The van der Waals surface area contributed by atoms with E-state index in [1.165, 1.54) is 31.8 Å². The zero-order valence-electron chi connectivity index (χ0n) is 17.6. The molecule has 4 aliphatic heterocycles. The molecule has 3 saturated heterocycles. The Morgan fingerprint density at radius 1 is 1.10 bits per heavy atom. The molecule has 7 nitrogen and oxygen atoms in total. The molecule has 156 valence electrons.